The number of fused-ring (bicyclic) bond motifs is 1. The number of hydrogen-bond donors (Lipinski definition) is 1. The van der Waals surface area contributed by atoms with E-state index < -0.39 is 0 Å². The topological polar surface area (TPSA) is 75.7 Å². The fraction of sp³-hybridized carbons (Fsp3) is 0.471. The summed E-state index contributed by atoms with van der Waals surface area (Å²) in [6.07, 6.45) is 2.15. The number of nitrogens with one attached hydrogen (secondary N) is 1. The molecule has 0 spiro atoms. The normalized spacial score (nSPS) is 17.0. The van der Waals surface area contributed by atoms with E-state index in [0.717, 1.165) is 12.8 Å². The van der Waals surface area contributed by atoms with E-state index in [1.807, 2.05) is 6.92 Å². The van der Waals surface area contributed by atoms with Crippen molar-refractivity contribution in [3.63, 3.8) is 0 Å². The van der Waals surface area contributed by atoms with Gasteiger partial charge in [0.25, 0.3) is 5.91 Å². The SMILES string of the molecule is CCCCC(=O)OCC(=O)N1c2ccccc2NC(=O)C[C@H]1C. The van der Waals surface area contributed by atoms with Gasteiger partial charge < -0.3 is 15.0 Å². The van der Waals surface area contributed by atoms with Gasteiger partial charge in [-0.3, -0.25) is 14.4 Å². The van der Waals surface area contributed by atoms with Crippen LogP contribution < -0.4 is 10.2 Å². The molecular weight excluding hydrogens is 296 g/mol. The van der Waals surface area contributed by atoms with Gasteiger partial charge in [0.05, 0.1) is 11.4 Å². The standard InChI is InChI=1S/C17H22N2O4/c1-3-4-9-17(22)23-11-16(21)19-12(2)10-15(20)18-13-7-5-6-8-14(13)19/h5-8,12H,3-4,9-11H2,1-2H3,(H,18,20)/t12-/m1/s1. The average Bonchev–Trinajstić information content (AvgIpc) is 2.64. The van der Waals surface area contributed by atoms with Crippen LogP contribution in [0, 0.1) is 0 Å². The molecule has 6 heteroatoms. The molecule has 0 unspecified atom stereocenters. The van der Waals surface area contributed by atoms with Gasteiger partial charge in [-0.2, -0.15) is 0 Å². The molecule has 1 N–H and O–H groups in total. The number of rotatable bonds is 5. The zero-order valence-corrected chi connectivity index (χ0v) is 13.5. The number of anilines is 2. The Morgan fingerprint density at radius 3 is 2.83 bits per heavy atom. The number of para-hydroxylation sites is 2. The Morgan fingerprint density at radius 1 is 1.35 bits per heavy atom. The van der Waals surface area contributed by atoms with Crippen molar-refractivity contribution in [3.05, 3.63) is 24.3 Å². The molecule has 0 saturated heterocycles. The smallest absolute Gasteiger partial charge is 0.306 e. The Hall–Kier alpha value is -2.37. The van der Waals surface area contributed by atoms with Crippen molar-refractivity contribution in [2.24, 2.45) is 0 Å². The van der Waals surface area contributed by atoms with E-state index in [0.29, 0.717) is 17.8 Å². The fourth-order valence-electron chi connectivity index (χ4n) is 2.57. The third kappa shape index (κ3) is 4.31. The van der Waals surface area contributed by atoms with Crippen molar-refractivity contribution in [1.29, 1.82) is 0 Å². The molecule has 2 rings (SSSR count). The summed E-state index contributed by atoms with van der Waals surface area (Å²) in [5.41, 5.74) is 1.22. The molecular formula is C17H22N2O4. The zero-order chi connectivity index (χ0) is 16.8. The van der Waals surface area contributed by atoms with Gasteiger partial charge in [0.2, 0.25) is 5.91 Å². The number of esters is 1. The maximum atomic E-state index is 12.5. The summed E-state index contributed by atoms with van der Waals surface area (Å²) in [5.74, 6) is -0.836. The largest absolute Gasteiger partial charge is 0.456 e. The van der Waals surface area contributed by atoms with Crippen molar-refractivity contribution in [2.45, 2.75) is 45.6 Å². The number of carbonyl (C=O) groups is 3. The Kier molecular flexibility index (Phi) is 5.73. The second-order valence-corrected chi connectivity index (χ2v) is 5.65. The second-order valence-electron chi connectivity index (χ2n) is 5.65. The summed E-state index contributed by atoms with van der Waals surface area (Å²) in [4.78, 5) is 37.5. The van der Waals surface area contributed by atoms with Gasteiger partial charge in [0, 0.05) is 18.9 Å². The molecule has 0 bridgehead atoms. The highest BCUT2D eigenvalue weighted by Crippen LogP contribution is 2.31. The Bertz CT molecular complexity index is 600. The minimum Gasteiger partial charge on any atom is -0.456 e. The van der Waals surface area contributed by atoms with Crippen LogP contribution in [0.15, 0.2) is 24.3 Å². The van der Waals surface area contributed by atoms with Crippen LogP contribution in [0.2, 0.25) is 0 Å². The predicted molar refractivity (Wildman–Crippen MR) is 87.1 cm³/mol. The van der Waals surface area contributed by atoms with E-state index in [1.165, 1.54) is 4.90 Å². The Balaban J connectivity index is 2.11. The summed E-state index contributed by atoms with van der Waals surface area (Å²) >= 11 is 0. The van der Waals surface area contributed by atoms with E-state index in [-0.39, 0.29) is 36.9 Å². The van der Waals surface area contributed by atoms with Crippen LogP contribution in [0.4, 0.5) is 11.4 Å². The number of carbonyl (C=O) groups excluding carboxylic acids is 3. The molecule has 0 fully saturated rings. The van der Waals surface area contributed by atoms with Crippen LogP contribution in [-0.4, -0.2) is 30.4 Å². The third-order valence-corrected chi connectivity index (χ3v) is 3.72. The molecule has 2 amide bonds. The first kappa shape index (κ1) is 17.0. The van der Waals surface area contributed by atoms with Crippen molar-refractivity contribution in [2.75, 3.05) is 16.8 Å². The molecule has 1 aliphatic heterocycles. The predicted octanol–water partition coefficient (Wildman–Crippen LogP) is 2.48. The molecule has 6 nitrogen and oxygen atoms in total. The van der Waals surface area contributed by atoms with Crippen molar-refractivity contribution >= 4 is 29.2 Å². The lowest BCUT2D eigenvalue weighted by Crippen LogP contribution is -2.41. The first-order valence-corrected chi connectivity index (χ1v) is 7.89. The molecule has 0 saturated carbocycles. The van der Waals surface area contributed by atoms with Crippen LogP contribution in [0.1, 0.15) is 39.5 Å². The number of hydrogen-bond acceptors (Lipinski definition) is 4. The van der Waals surface area contributed by atoms with Crippen LogP contribution >= 0.6 is 0 Å². The Labute approximate surface area is 135 Å². The molecule has 1 atom stereocenters. The highest BCUT2D eigenvalue weighted by atomic mass is 16.5. The van der Waals surface area contributed by atoms with Gasteiger partial charge in [0.1, 0.15) is 0 Å². The van der Waals surface area contributed by atoms with E-state index in [1.54, 1.807) is 31.2 Å². The van der Waals surface area contributed by atoms with E-state index >= 15 is 0 Å². The van der Waals surface area contributed by atoms with Crippen LogP contribution in [-0.2, 0) is 19.1 Å². The minimum atomic E-state index is -0.370. The van der Waals surface area contributed by atoms with Crippen LogP contribution in [0.5, 0.6) is 0 Å². The number of nitrogens with zero attached hydrogens (tertiary/aromatic N) is 1. The van der Waals surface area contributed by atoms with E-state index in [2.05, 4.69) is 5.32 Å². The van der Waals surface area contributed by atoms with Gasteiger partial charge >= 0.3 is 5.97 Å². The first-order valence-electron chi connectivity index (χ1n) is 7.89. The molecule has 1 aromatic carbocycles. The molecule has 1 aromatic rings. The summed E-state index contributed by atoms with van der Waals surface area (Å²) in [6.45, 7) is 3.48. The van der Waals surface area contributed by atoms with E-state index in [4.69, 9.17) is 4.74 Å². The van der Waals surface area contributed by atoms with Crippen molar-refractivity contribution in [1.82, 2.24) is 0 Å². The first-order chi connectivity index (χ1) is 11.0. The van der Waals surface area contributed by atoms with Gasteiger partial charge in [-0.1, -0.05) is 25.5 Å². The molecule has 0 radical (unpaired) electrons. The van der Waals surface area contributed by atoms with Crippen molar-refractivity contribution in [3.8, 4) is 0 Å². The molecule has 23 heavy (non-hydrogen) atoms. The molecule has 0 aliphatic carbocycles. The van der Waals surface area contributed by atoms with Gasteiger partial charge in [-0.05, 0) is 25.5 Å². The fourth-order valence-corrected chi connectivity index (χ4v) is 2.57. The summed E-state index contributed by atoms with van der Waals surface area (Å²) in [5, 5.41) is 2.79. The molecule has 1 heterocycles. The zero-order valence-electron chi connectivity index (χ0n) is 13.5. The maximum absolute atomic E-state index is 12.5. The highest BCUT2D eigenvalue weighted by molar-refractivity contribution is 6.05. The number of ether oxygens (including phenoxy) is 1. The monoisotopic (exact) mass is 318 g/mol. The average molecular weight is 318 g/mol. The highest BCUT2D eigenvalue weighted by Gasteiger charge is 2.29. The third-order valence-electron chi connectivity index (χ3n) is 3.72. The summed E-state index contributed by atoms with van der Waals surface area (Å²) < 4.78 is 5.05. The minimum absolute atomic E-state index is 0.139. The lowest BCUT2D eigenvalue weighted by atomic mass is 10.1. The van der Waals surface area contributed by atoms with Gasteiger partial charge in [-0.15, -0.1) is 0 Å². The molecule has 124 valence electrons. The number of benzene rings is 1. The molecule has 0 aromatic heterocycles. The quantitative estimate of drug-likeness (QED) is 0.846. The van der Waals surface area contributed by atoms with Crippen LogP contribution in [0.25, 0.3) is 0 Å². The lowest BCUT2D eigenvalue weighted by molar-refractivity contribution is -0.148. The van der Waals surface area contributed by atoms with Gasteiger partial charge in [0.15, 0.2) is 6.61 Å². The second kappa shape index (κ2) is 7.76. The van der Waals surface area contributed by atoms with Crippen LogP contribution in [0.3, 0.4) is 0 Å². The Morgan fingerprint density at radius 2 is 2.09 bits per heavy atom. The van der Waals surface area contributed by atoms with Gasteiger partial charge in [-0.25, -0.2) is 0 Å². The number of amides is 2. The van der Waals surface area contributed by atoms with E-state index in [9.17, 15) is 14.4 Å². The number of unbranched alkanes of at least 4 members (excludes halogenated alkanes) is 1. The maximum Gasteiger partial charge on any atom is 0.306 e. The summed E-state index contributed by atoms with van der Waals surface area (Å²) in [7, 11) is 0. The summed E-state index contributed by atoms with van der Waals surface area (Å²) in [6, 6.07) is 6.81. The van der Waals surface area contributed by atoms with Crippen molar-refractivity contribution < 1.29 is 19.1 Å². The molecule has 1 aliphatic rings. The lowest BCUT2D eigenvalue weighted by Gasteiger charge is -2.27.